The highest BCUT2D eigenvalue weighted by Crippen LogP contribution is 2.31. The van der Waals surface area contributed by atoms with Crippen LogP contribution in [0.25, 0.3) is 0 Å². The molecule has 0 amide bonds. The Balaban J connectivity index is 2.33. The van der Waals surface area contributed by atoms with Gasteiger partial charge in [0.05, 0.1) is 0 Å². The monoisotopic (exact) mass is 206 g/mol. The fourth-order valence-electron chi connectivity index (χ4n) is 2.09. The molecule has 15 heavy (non-hydrogen) atoms. The van der Waals surface area contributed by atoms with Crippen molar-refractivity contribution in [2.75, 3.05) is 18.0 Å². The first-order valence-electron chi connectivity index (χ1n) is 5.01. The highest BCUT2D eigenvalue weighted by atomic mass is 16.4. The summed E-state index contributed by atoms with van der Waals surface area (Å²) in [6.45, 7) is 1.06. The Kier molecular flexibility index (Phi) is 2.60. The normalized spacial score (nSPS) is 19.0. The summed E-state index contributed by atoms with van der Waals surface area (Å²) >= 11 is 0. The first-order valence-corrected chi connectivity index (χ1v) is 5.01. The first kappa shape index (κ1) is 9.98. The number of nitrogens with two attached hydrogens (primary N) is 1. The van der Waals surface area contributed by atoms with Crippen LogP contribution in [0.2, 0.25) is 0 Å². The highest BCUT2D eigenvalue weighted by molar-refractivity contribution is 5.82. The number of rotatable bonds is 3. The number of carboxylic acids is 1. The van der Waals surface area contributed by atoms with Crippen LogP contribution in [0.1, 0.15) is 5.56 Å². The smallest absolute Gasteiger partial charge is 0.326 e. The fraction of sp³-hybridized carbons (Fsp3) is 0.364. The molecule has 80 valence electrons. The largest absolute Gasteiger partial charge is 0.480 e. The number of hydrogen-bond acceptors (Lipinski definition) is 3. The Bertz CT molecular complexity index is 379. The van der Waals surface area contributed by atoms with E-state index in [0.29, 0.717) is 19.5 Å². The third-order valence-electron chi connectivity index (χ3n) is 2.75. The second-order valence-electron chi connectivity index (χ2n) is 3.67. The fourth-order valence-corrected chi connectivity index (χ4v) is 2.09. The molecule has 0 radical (unpaired) electrons. The van der Waals surface area contributed by atoms with Gasteiger partial charge >= 0.3 is 5.97 Å². The standard InChI is InChI=1S/C11H14N2O2/c12-5-6-13-9-4-2-1-3-8(9)7-10(13)11(14)15/h1-4,10H,5-7,12H2,(H,14,15). The molecular weight excluding hydrogens is 192 g/mol. The number of nitrogens with zero attached hydrogens (tertiary/aromatic N) is 1. The van der Waals surface area contributed by atoms with Crippen LogP contribution in [0.15, 0.2) is 24.3 Å². The third-order valence-corrected chi connectivity index (χ3v) is 2.75. The van der Waals surface area contributed by atoms with Crippen LogP contribution in [0.3, 0.4) is 0 Å². The zero-order valence-electron chi connectivity index (χ0n) is 8.39. The average Bonchev–Trinajstić information content (AvgIpc) is 2.58. The molecule has 1 unspecified atom stereocenters. The summed E-state index contributed by atoms with van der Waals surface area (Å²) in [4.78, 5) is 12.9. The molecule has 1 atom stereocenters. The van der Waals surface area contributed by atoms with Gasteiger partial charge < -0.3 is 15.7 Å². The first-order chi connectivity index (χ1) is 7.24. The van der Waals surface area contributed by atoms with E-state index in [0.717, 1.165) is 11.3 Å². The van der Waals surface area contributed by atoms with E-state index in [4.69, 9.17) is 10.8 Å². The van der Waals surface area contributed by atoms with Crippen molar-refractivity contribution in [2.24, 2.45) is 5.73 Å². The van der Waals surface area contributed by atoms with Gasteiger partial charge in [-0.25, -0.2) is 4.79 Å². The van der Waals surface area contributed by atoms with Crippen LogP contribution in [0, 0.1) is 0 Å². The van der Waals surface area contributed by atoms with Crippen molar-refractivity contribution in [3.8, 4) is 0 Å². The Morgan fingerprint density at radius 2 is 2.27 bits per heavy atom. The number of hydrogen-bond donors (Lipinski definition) is 2. The minimum Gasteiger partial charge on any atom is -0.480 e. The molecule has 1 aromatic carbocycles. The van der Waals surface area contributed by atoms with Crippen molar-refractivity contribution in [2.45, 2.75) is 12.5 Å². The van der Waals surface area contributed by atoms with Crippen LogP contribution < -0.4 is 10.6 Å². The van der Waals surface area contributed by atoms with E-state index < -0.39 is 12.0 Å². The van der Waals surface area contributed by atoms with Crippen molar-refractivity contribution in [3.05, 3.63) is 29.8 Å². The lowest BCUT2D eigenvalue weighted by Crippen LogP contribution is -2.41. The molecule has 4 nitrogen and oxygen atoms in total. The van der Waals surface area contributed by atoms with Crippen molar-refractivity contribution < 1.29 is 9.90 Å². The highest BCUT2D eigenvalue weighted by Gasteiger charge is 2.33. The zero-order chi connectivity index (χ0) is 10.8. The van der Waals surface area contributed by atoms with Crippen molar-refractivity contribution in [3.63, 3.8) is 0 Å². The number of carboxylic acid groups (broad SMARTS) is 1. The maximum Gasteiger partial charge on any atom is 0.326 e. The van der Waals surface area contributed by atoms with E-state index in [1.165, 1.54) is 0 Å². The number of benzene rings is 1. The predicted octanol–water partition coefficient (Wildman–Crippen LogP) is 0.461. The van der Waals surface area contributed by atoms with Crippen LogP contribution in [0.4, 0.5) is 5.69 Å². The van der Waals surface area contributed by atoms with Crippen LogP contribution in [-0.4, -0.2) is 30.2 Å². The molecule has 2 rings (SSSR count). The second kappa shape index (κ2) is 3.90. The van der Waals surface area contributed by atoms with Crippen LogP contribution in [0.5, 0.6) is 0 Å². The van der Waals surface area contributed by atoms with Gasteiger partial charge in [-0.05, 0) is 11.6 Å². The number of para-hydroxylation sites is 1. The van der Waals surface area contributed by atoms with Gasteiger partial charge in [0.2, 0.25) is 0 Å². The minimum atomic E-state index is -0.778. The van der Waals surface area contributed by atoms with Gasteiger partial charge in [-0.15, -0.1) is 0 Å². The number of carbonyl (C=O) groups is 1. The summed E-state index contributed by atoms with van der Waals surface area (Å²) in [5.74, 6) is -0.778. The molecule has 1 aliphatic rings. The summed E-state index contributed by atoms with van der Waals surface area (Å²) < 4.78 is 0. The van der Waals surface area contributed by atoms with Gasteiger partial charge in [-0.3, -0.25) is 0 Å². The Morgan fingerprint density at radius 1 is 1.53 bits per heavy atom. The molecule has 1 heterocycles. The van der Waals surface area contributed by atoms with Crippen molar-refractivity contribution in [1.82, 2.24) is 0 Å². The molecule has 1 aromatic rings. The van der Waals surface area contributed by atoms with Gasteiger partial charge in [0.15, 0.2) is 0 Å². The summed E-state index contributed by atoms with van der Waals surface area (Å²) in [5, 5.41) is 9.10. The Morgan fingerprint density at radius 3 is 2.93 bits per heavy atom. The molecule has 4 heteroatoms. The molecule has 0 spiro atoms. The molecule has 0 saturated carbocycles. The van der Waals surface area contributed by atoms with Gasteiger partial charge in [0.25, 0.3) is 0 Å². The van der Waals surface area contributed by atoms with Crippen LogP contribution >= 0.6 is 0 Å². The topological polar surface area (TPSA) is 66.6 Å². The van der Waals surface area contributed by atoms with Crippen LogP contribution in [-0.2, 0) is 11.2 Å². The van der Waals surface area contributed by atoms with Gasteiger partial charge in [0.1, 0.15) is 6.04 Å². The molecule has 1 aliphatic heterocycles. The van der Waals surface area contributed by atoms with Crippen molar-refractivity contribution >= 4 is 11.7 Å². The molecule has 3 N–H and O–H groups in total. The lowest BCUT2D eigenvalue weighted by Gasteiger charge is -2.23. The third kappa shape index (κ3) is 1.68. The van der Waals surface area contributed by atoms with E-state index in [-0.39, 0.29) is 0 Å². The minimum absolute atomic E-state index is 0.453. The summed E-state index contributed by atoms with van der Waals surface area (Å²) in [5.41, 5.74) is 7.60. The van der Waals surface area contributed by atoms with E-state index >= 15 is 0 Å². The van der Waals surface area contributed by atoms with Gasteiger partial charge in [-0.1, -0.05) is 18.2 Å². The Labute approximate surface area is 88.3 Å². The lowest BCUT2D eigenvalue weighted by molar-refractivity contribution is -0.138. The second-order valence-corrected chi connectivity index (χ2v) is 3.67. The van der Waals surface area contributed by atoms with E-state index in [2.05, 4.69) is 0 Å². The predicted molar refractivity (Wildman–Crippen MR) is 58.0 cm³/mol. The van der Waals surface area contributed by atoms with E-state index in [1.54, 1.807) is 0 Å². The molecule has 0 bridgehead atoms. The van der Waals surface area contributed by atoms with E-state index in [9.17, 15) is 4.79 Å². The maximum absolute atomic E-state index is 11.1. The number of fused-ring (bicyclic) bond motifs is 1. The Hall–Kier alpha value is -1.55. The van der Waals surface area contributed by atoms with Crippen molar-refractivity contribution in [1.29, 1.82) is 0 Å². The maximum atomic E-state index is 11.1. The van der Waals surface area contributed by atoms with Gasteiger partial charge in [-0.2, -0.15) is 0 Å². The molecule has 0 aliphatic carbocycles. The quantitative estimate of drug-likeness (QED) is 0.754. The van der Waals surface area contributed by atoms with Gasteiger partial charge in [0, 0.05) is 25.2 Å². The lowest BCUT2D eigenvalue weighted by atomic mass is 10.1. The molecule has 0 saturated heterocycles. The molecule has 0 fully saturated rings. The number of aliphatic carboxylic acids is 1. The molecular formula is C11H14N2O2. The zero-order valence-corrected chi connectivity index (χ0v) is 8.39. The summed E-state index contributed by atoms with van der Waals surface area (Å²) in [6, 6.07) is 7.33. The summed E-state index contributed by atoms with van der Waals surface area (Å²) in [7, 11) is 0. The SMILES string of the molecule is NCCN1c2ccccc2CC1C(=O)O. The average molecular weight is 206 g/mol. The van der Waals surface area contributed by atoms with E-state index in [1.807, 2.05) is 29.2 Å². The molecule has 0 aromatic heterocycles. The summed E-state index contributed by atoms with van der Waals surface area (Å²) in [6.07, 6.45) is 0.575. The number of anilines is 1.